The molecule has 0 saturated carbocycles. The van der Waals surface area contributed by atoms with Crippen molar-refractivity contribution in [1.29, 1.82) is 0 Å². The Bertz CT molecular complexity index is 1190. The van der Waals surface area contributed by atoms with Crippen LogP contribution >= 0.6 is 11.6 Å². The standard InChI is InChI=1S/C30H36ClN3O2/c1-21-22(2)29(36-18-13-23-11-14-32-15-12-23)10-8-26(21)28-6-4-5-25-20-33(16-17-34(25)28)24-7-9-27(31)30(19-24)35-3/h7-12,14-15,19,25,28H,4-6,13,16-18,20H2,1-3H3. The van der Waals surface area contributed by atoms with Gasteiger partial charge in [0, 0.05) is 62.3 Å². The van der Waals surface area contributed by atoms with Crippen LogP contribution in [-0.4, -0.2) is 49.3 Å². The number of hydrogen-bond acceptors (Lipinski definition) is 5. The van der Waals surface area contributed by atoms with Gasteiger partial charge in [0.1, 0.15) is 11.5 Å². The smallest absolute Gasteiger partial charge is 0.139 e. The van der Waals surface area contributed by atoms with E-state index in [-0.39, 0.29) is 0 Å². The van der Waals surface area contributed by atoms with Crippen LogP contribution in [0.4, 0.5) is 5.69 Å². The highest BCUT2D eigenvalue weighted by atomic mass is 35.5. The first kappa shape index (κ1) is 24.9. The van der Waals surface area contributed by atoms with Crippen LogP contribution in [0.3, 0.4) is 0 Å². The van der Waals surface area contributed by atoms with Gasteiger partial charge in [-0.25, -0.2) is 0 Å². The second-order valence-electron chi connectivity index (χ2n) is 9.96. The minimum Gasteiger partial charge on any atom is -0.495 e. The molecular weight excluding hydrogens is 470 g/mol. The number of nitrogens with zero attached hydrogens (tertiary/aromatic N) is 3. The van der Waals surface area contributed by atoms with Crippen molar-refractivity contribution in [1.82, 2.24) is 9.88 Å². The Balaban J connectivity index is 1.27. The summed E-state index contributed by atoms with van der Waals surface area (Å²) in [5, 5.41) is 0.660. The zero-order chi connectivity index (χ0) is 25.1. The molecule has 5 rings (SSSR count). The monoisotopic (exact) mass is 505 g/mol. The average Bonchev–Trinajstić information content (AvgIpc) is 2.91. The van der Waals surface area contributed by atoms with Gasteiger partial charge in [-0.3, -0.25) is 9.88 Å². The maximum atomic E-state index is 6.26. The van der Waals surface area contributed by atoms with Gasteiger partial charge in [0.25, 0.3) is 0 Å². The number of hydrogen-bond donors (Lipinski definition) is 0. The third kappa shape index (κ3) is 5.18. The molecule has 36 heavy (non-hydrogen) atoms. The van der Waals surface area contributed by atoms with Gasteiger partial charge in [-0.15, -0.1) is 0 Å². The lowest BCUT2D eigenvalue weighted by atomic mass is 9.86. The Morgan fingerprint density at radius 2 is 1.81 bits per heavy atom. The van der Waals surface area contributed by atoms with Gasteiger partial charge in [-0.1, -0.05) is 17.7 Å². The highest BCUT2D eigenvalue weighted by Gasteiger charge is 2.36. The first-order valence-electron chi connectivity index (χ1n) is 13.0. The first-order chi connectivity index (χ1) is 17.5. The van der Waals surface area contributed by atoms with Crippen LogP contribution < -0.4 is 14.4 Å². The van der Waals surface area contributed by atoms with Gasteiger partial charge < -0.3 is 14.4 Å². The molecule has 2 fully saturated rings. The lowest BCUT2D eigenvalue weighted by molar-refractivity contribution is 0.0712. The number of aromatic nitrogens is 1. The van der Waals surface area contributed by atoms with Crippen molar-refractivity contribution in [2.24, 2.45) is 0 Å². The van der Waals surface area contributed by atoms with Gasteiger partial charge >= 0.3 is 0 Å². The van der Waals surface area contributed by atoms with Crippen molar-refractivity contribution < 1.29 is 9.47 Å². The molecule has 0 radical (unpaired) electrons. The molecule has 3 heterocycles. The number of rotatable bonds is 7. The van der Waals surface area contributed by atoms with Crippen molar-refractivity contribution in [3.63, 3.8) is 0 Å². The summed E-state index contributed by atoms with van der Waals surface area (Å²) < 4.78 is 11.7. The number of piperidine rings is 1. The van der Waals surface area contributed by atoms with Crippen LogP contribution in [0.15, 0.2) is 54.9 Å². The number of anilines is 1. The Morgan fingerprint density at radius 1 is 0.972 bits per heavy atom. The van der Waals surface area contributed by atoms with E-state index in [0.717, 1.165) is 37.6 Å². The predicted molar refractivity (Wildman–Crippen MR) is 147 cm³/mol. The summed E-state index contributed by atoms with van der Waals surface area (Å²) in [5.41, 5.74) is 6.53. The van der Waals surface area contributed by atoms with E-state index in [9.17, 15) is 0 Å². The van der Waals surface area contributed by atoms with Crippen LogP contribution in [0.25, 0.3) is 0 Å². The summed E-state index contributed by atoms with van der Waals surface area (Å²) in [4.78, 5) is 9.33. The van der Waals surface area contributed by atoms with Crippen molar-refractivity contribution in [3.8, 4) is 11.5 Å². The minimum atomic E-state index is 0.468. The molecule has 2 unspecified atom stereocenters. The third-order valence-electron chi connectivity index (χ3n) is 7.98. The molecule has 2 aliphatic heterocycles. The number of halogens is 1. The van der Waals surface area contributed by atoms with E-state index in [2.05, 4.69) is 52.9 Å². The lowest BCUT2D eigenvalue weighted by Crippen LogP contribution is -2.56. The van der Waals surface area contributed by atoms with Crippen LogP contribution in [0.5, 0.6) is 11.5 Å². The van der Waals surface area contributed by atoms with Crippen LogP contribution in [0.2, 0.25) is 5.02 Å². The summed E-state index contributed by atoms with van der Waals surface area (Å²) in [6, 6.07) is 15.7. The maximum absolute atomic E-state index is 6.26. The van der Waals surface area contributed by atoms with Crippen molar-refractivity contribution in [3.05, 3.63) is 82.1 Å². The zero-order valence-corrected chi connectivity index (χ0v) is 22.3. The Hall–Kier alpha value is -2.76. The normalized spacial score (nSPS) is 20.2. The van der Waals surface area contributed by atoms with Gasteiger partial charge in [0.05, 0.1) is 18.7 Å². The molecule has 5 nitrogen and oxygen atoms in total. The second-order valence-corrected chi connectivity index (χ2v) is 10.4. The average molecular weight is 506 g/mol. The van der Waals surface area contributed by atoms with E-state index >= 15 is 0 Å². The number of pyridine rings is 1. The van der Waals surface area contributed by atoms with E-state index in [0.29, 0.717) is 23.7 Å². The zero-order valence-electron chi connectivity index (χ0n) is 21.5. The fourth-order valence-corrected chi connectivity index (χ4v) is 6.02. The Kier molecular flexibility index (Phi) is 7.68. The lowest BCUT2D eigenvalue weighted by Gasteiger charge is -2.49. The number of benzene rings is 2. The molecule has 0 spiro atoms. The fraction of sp³-hybridized carbons (Fsp3) is 0.433. The summed E-state index contributed by atoms with van der Waals surface area (Å²) in [7, 11) is 1.68. The van der Waals surface area contributed by atoms with Crippen LogP contribution in [0, 0.1) is 13.8 Å². The summed E-state index contributed by atoms with van der Waals surface area (Å²) >= 11 is 6.26. The summed E-state index contributed by atoms with van der Waals surface area (Å²) in [5.74, 6) is 1.74. The highest BCUT2D eigenvalue weighted by molar-refractivity contribution is 6.32. The van der Waals surface area contributed by atoms with E-state index < -0.39 is 0 Å². The molecule has 0 N–H and O–H groups in total. The maximum Gasteiger partial charge on any atom is 0.139 e. The summed E-state index contributed by atoms with van der Waals surface area (Å²) in [6.07, 6.45) is 8.27. The Morgan fingerprint density at radius 3 is 2.61 bits per heavy atom. The molecule has 2 aromatic carbocycles. The molecule has 6 heteroatoms. The SMILES string of the molecule is COc1cc(N2CCN3C(CCCC3c3ccc(OCCc4ccncc4)c(C)c3C)C2)ccc1Cl. The van der Waals surface area contributed by atoms with E-state index in [1.807, 2.05) is 30.6 Å². The van der Waals surface area contributed by atoms with Gasteiger partial charge in [0.15, 0.2) is 0 Å². The molecule has 0 amide bonds. The molecule has 190 valence electrons. The highest BCUT2D eigenvalue weighted by Crippen LogP contribution is 2.40. The number of methoxy groups -OCH3 is 1. The van der Waals surface area contributed by atoms with Gasteiger partial charge in [0.2, 0.25) is 0 Å². The van der Waals surface area contributed by atoms with Crippen molar-refractivity contribution in [2.45, 2.75) is 51.6 Å². The second kappa shape index (κ2) is 11.1. The number of ether oxygens (including phenoxy) is 2. The first-order valence-corrected chi connectivity index (χ1v) is 13.4. The molecule has 2 atom stereocenters. The molecule has 2 aliphatic rings. The van der Waals surface area contributed by atoms with E-state index in [1.54, 1.807) is 7.11 Å². The van der Waals surface area contributed by atoms with Crippen LogP contribution in [-0.2, 0) is 6.42 Å². The molecule has 3 aromatic rings. The van der Waals surface area contributed by atoms with Crippen molar-refractivity contribution >= 4 is 17.3 Å². The molecular formula is C30H36ClN3O2. The molecule has 2 saturated heterocycles. The predicted octanol–water partition coefficient (Wildman–Crippen LogP) is 6.40. The topological polar surface area (TPSA) is 37.8 Å². The Labute approximate surface area is 220 Å². The van der Waals surface area contributed by atoms with Gasteiger partial charge in [-0.2, -0.15) is 0 Å². The largest absolute Gasteiger partial charge is 0.495 e. The number of piperazine rings is 1. The third-order valence-corrected chi connectivity index (χ3v) is 8.29. The van der Waals surface area contributed by atoms with E-state index in [4.69, 9.17) is 21.1 Å². The number of fused-ring (bicyclic) bond motifs is 1. The molecule has 0 bridgehead atoms. The van der Waals surface area contributed by atoms with Crippen molar-refractivity contribution in [2.75, 3.05) is 38.3 Å². The van der Waals surface area contributed by atoms with E-state index in [1.165, 1.54) is 47.2 Å². The molecule has 1 aromatic heterocycles. The summed E-state index contributed by atoms with van der Waals surface area (Å²) in [6.45, 7) is 8.24. The van der Waals surface area contributed by atoms with Crippen LogP contribution in [0.1, 0.15) is 47.6 Å². The minimum absolute atomic E-state index is 0.468. The molecule has 0 aliphatic carbocycles. The van der Waals surface area contributed by atoms with Gasteiger partial charge in [-0.05, 0) is 85.7 Å². The fourth-order valence-electron chi connectivity index (χ4n) is 5.83. The quantitative estimate of drug-likeness (QED) is 0.371.